The van der Waals surface area contributed by atoms with E-state index < -0.39 is 8.07 Å². The van der Waals surface area contributed by atoms with Crippen LogP contribution in [0.4, 0.5) is 0 Å². The van der Waals surface area contributed by atoms with Gasteiger partial charge in [-0.2, -0.15) is 0 Å². The Bertz CT molecular complexity index is 3490. The lowest BCUT2D eigenvalue weighted by Gasteiger charge is -2.23. The molecule has 0 saturated carbocycles. The molecule has 0 spiro atoms. The van der Waals surface area contributed by atoms with Crippen LogP contribution < -0.4 is 10.4 Å². The fourth-order valence-corrected chi connectivity index (χ4v) is 13.3. The summed E-state index contributed by atoms with van der Waals surface area (Å²) in [5.74, 6) is 0. The largest absolute Gasteiger partial charge is 0.245 e. The molecule has 0 amide bonds. The molecule has 9 aromatic carbocycles. The fourth-order valence-electron chi connectivity index (χ4n) is 9.87. The molecule has 0 aliphatic carbocycles. The third kappa shape index (κ3) is 4.76. The predicted octanol–water partition coefficient (Wildman–Crippen LogP) is 13.2. The minimum Gasteiger partial charge on any atom is -0.245 e. The van der Waals surface area contributed by atoms with E-state index in [2.05, 4.69) is 189 Å². The maximum Gasteiger partial charge on any atom is 0.114 e. The molecule has 3 heteroatoms. The number of pyridine rings is 2. The van der Waals surface area contributed by atoms with Gasteiger partial charge in [-0.05, 0) is 106 Å². The van der Waals surface area contributed by atoms with E-state index in [4.69, 9.17) is 9.97 Å². The van der Waals surface area contributed by atoms with Crippen LogP contribution in [0.5, 0.6) is 0 Å². The summed E-state index contributed by atoms with van der Waals surface area (Å²) in [6.07, 6.45) is 0. The molecule has 11 aromatic rings. The Balaban J connectivity index is 1.11. The molecule has 2 nitrogen and oxygen atoms in total. The van der Waals surface area contributed by atoms with Crippen molar-refractivity contribution in [1.82, 2.24) is 9.97 Å². The van der Waals surface area contributed by atoms with Crippen LogP contribution in [0.25, 0.3) is 110 Å². The molecule has 0 fully saturated rings. The lowest BCUT2D eigenvalue weighted by molar-refractivity contribution is 1.37. The summed E-state index contributed by atoms with van der Waals surface area (Å²) in [4.78, 5) is 10.6. The Morgan fingerprint density at radius 3 is 1.68 bits per heavy atom. The van der Waals surface area contributed by atoms with E-state index in [1.54, 1.807) is 5.19 Å². The Morgan fingerprint density at radius 1 is 0.351 bits per heavy atom. The van der Waals surface area contributed by atoms with Gasteiger partial charge in [-0.3, -0.25) is 0 Å². The number of nitrogens with zero attached hydrogens (tertiary/aromatic N) is 2. The Morgan fingerprint density at radius 2 is 0.912 bits per heavy atom. The monoisotopic (exact) mass is 740 g/mol. The molecule has 266 valence electrons. The highest BCUT2D eigenvalue weighted by atomic mass is 28.3. The van der Waals surface area contributed by atoms with Crippen molar-refractivity contribution in [2.45, 2.75) is 13.1 Å². The van der Waals surface area contributed by atoms with Gasteiger partial charge in [0.05, 0.1) is 22.4 Å². The van der Waals surface area contributed by atoms with Crippen molar-refractivity contribution in [2.24, 2.45) is 0 Å². The molecule has 12 rings (SSSR count). The van der Waals surface area contributed by atoms with Gasteiger partial charge in [-0.25, -0.2) is 9.97 Å². The first-order valence-electron chi connectivity index (χ1n) is 19.8. The number of aromatic nitrogens is 2. The molecule has 1 aliphatic heterocycles. The Labute approximate surface area is 331 Å². The second-order valence-electron chi connectivity index (χ2n) is 16.1. The summed E-state index contributed by atoms with van der Waals surface area (Å²) >= 11 is 0. The summed E-state index contributed by atoms with van der Waals surface area (Å²) in [5.41, 5.74) is 11.3. The van der Waals surface area contributed by atoms with Crippen LogP contribution in [0.15, 0.2) is 182 Å². The average Bonchev–Trinajstić information content (AvgIpc) is 3.50. The Kier molecular flexibility index (Phi) is 6.82. The van der Waals surface area contributed by atoms with Crippen molar-refractivity contribution in [3.8, 4) is 44.8 Å². The molecule has 0 atom stereocenters. The van der Waals surface area contributed by atoms with Gasteiger partial charge in [0.2, 0.25) is 0 Å². The zero-order valence-corrected chi connectivity index (χ0v) is 32.7. The van der Waals surface area contributed by atoms with Crippen molar-refractivity contribution in [3.63, 3.8) is 0 Å². The standard InChI is InChI=1S/C54H36N2Si/c1-57(2)50-19-11-10-17-42(50)44-25-22-38-32-45(39-16-8-9-18-43(39)51(38)54(44)57)40-26-27-41(47-31-37-15-7-6-14-36(37)30-46(40)47)49-29-24-35-21-20-34-23-28-48(33-12-4-3-5-13-33)55-52(34)53(35)56-49/h3-32H,1-2H3. The molecule has 3 heterocycles. The second-order valence-corrected chi connectivity index (χ2v) is 20.4. The normalized spacial score (nSPS) is 13.2. The van der Waals surface area contributed by atoms with Crippen molar-refractivity contribution in [3.05, 3.63) is 182 Å². The average molecular weight is 741 g/mol. The minimum absolute atomic E-state index is 0.919. The SMILES string of the molecule is C[Si]1(C)c2ccccc2-c2ccc3cc(-c4ccc(-c5ccc6ccc7ccc(-c8ccccc8)nc7c6n5)c5cc6ccccc6cc45)c4ccccc4c3c21. The molecular weight excluding hydrogens is 705 g/mol. The predicted molar refractivity (Wildman–Crippen MR) is 246 cm³/mol. The highest BCUT2D eigenvalue weighted by molar-refractivity contribution is 7.05. The van der Waals surface area contributed by atoms with E-state index in [1.807, 2.05) is 6.07 Å². The molecule has 0 unspecified atom stereocenters. The minimum atomic E-state index is -1.95. The van der Waals surface area contributed by atoms with E-state index in [1.165, 1.54) is 70.5 Å². The van der Waals surface area contributed by atoms with Crippen LogP contribution in [-0.4, -0.2) is 18.0 Å². The van der Waals surface area contributed by atoms with Crippen LogP contribution in [0.3, 0.4) is 0 Å². The van der Waals surface area contributed by atoms with E-state index in [-0.39, 0.29) is 0 Å². The molecule has 0 N–H and O–H groups in total. The number of rotatable bonds is 3. The smallest absolute Gasteiger partial charge is 0.114 e. The van der Waals surface area contributed by atoms with Crippen molar-refractivity contribution in [1.29, 1.82) is 0 Å². The maximum atomic E-state index is 5.44. The third-order valence-corrected chi connectivity index (χ3v) is 16.1. The number of fused-ring (bicyclic) bond motifs is 12. The van der Waals surface area contributed by atoms with Crippen LogP contribution in [0.2, 0.25) is 13.1 Å². The van der Waals surface area contributed by atoms with Crippen LogP contribution in [0.1, 0.15) is 0 Å². The fraction of sp³-hybridized carbons (Fsp3) is 0.0370. The molecule has 1 aliphatic rings. The summed E-state index contributed by atoms with van der Waals surface area (Å²) in [7, 11) is -1.95. The lowest BCUT2D eigenvalue weighted by atomic mass is 9.87. The summed E-state index contributed by atoms with van der Waals surface area (Å²) in [6.45, 7) is 5.05. The van der Waals surface area contributed by atoms with Crippen molar-refractivity contribution in [2.75, 3.05) is 0 Å². The summed E-state index contributed by atoms with van der Waals surface area (Å²) < 4.78 is 0. The van der Waals surface area contributed by atoms with E-state index in [0.29, 0.717) is 0 Å². The van der Waals surface area contributed by atoms with Gasteiger partial charge in [0.15, 0.2) is 0 Å². The van der Waals surface area contributed by atoms with E-state index in [0.717, 1.165) is 44.3 Å². The first-order valence-corrected chi connectivity index (χ1v) is 22.8. The number of hydrogen-bond acceptors (Lipinski definition) is 2. The number of benzene rings is 9. The van der Waals surface area contributed by atoms with Gasteiger partial charge in [-0.1, -0.05) is 165 Å². The molecule has 0 radical (unpaired) electrons. The van der Waals surface area contributed by atoms with Crippen molar-refractivity contribution < 1.29 is 0 Å². The first kappa shape index (κ1) is 32.3. The van der Waals surface area contributed by atoms with Crippen molar-refractivity contribution >= 4 is 83.3 Å². The molecule has 2 aromatic heterocycles. The Hall–Kier alpha value is -6.94. The first-order chi connectivity index (χ1) is 28.0. The highest BCUT2D eigenvalue weighted by Crippen LogP contribution is 2.44. The summed E-state index contributed by atoms with van der Waals surface area (Å²) in [6, 6.07) is 66.9. The van der Waals surface area contributed by atoms with Gasteiger partial charge in [-0.15, -0.1) is 0 Å². The third-order valence-electron chi connectivity index (χ3n) is 12.6. The lowest BCUT2D eigenvalue weighted by Crippen LogP contribution is -2.49. The summed E-state index contributed by atoms with van der Waals surface area (Å²) in [5, 5.41) is 15.5. The maximum absolute atomic E-state index is 5.44. The van der Waals surface area contributed by atoms with E-state index in [9.17, 15) is 0 Å². The van der Waals surface area contributed by atoms with Gasteiger partial charge in [0.25, 0.3) is 0 Å². The molecular formula is C54H36N2Si. The topological polar surface area (TPSA) is 25.8 Å². The number of hydrogen-bond donors (Lipinski definition) is 0. The zero-order valence-electron chi connectivity index (χ0n) is 31.7. The zero-order chi connectivity index (χ0) is 37.8. The van der Waals surface area contributed by atoms with Crippen LogP contribution in [-0.2, 0) is 0 Å². The van der Waals surface area contributed by atoms with Gasteiger partial charge in [0, 0.05) is 21.9 Å². The van der Waals surface area contributed by atoms with Gasteiger partial charge < -0.3 is 0 Å². The molecule has 0 bridgehead atoms. The van der Waals surface area contributed by atoms with E-state index >= 15 is 0 Å². The quantitative estimate of drug-likeness (QED) is 0.102. The van der Waals surface area contributed by atoms with Crippen LogP contribution >= 0.6 is 0 Å². The highest BCUT2D eigenvalue weighted by Gasteiger charge is 2.39. The van der Waals surface area contributed by atoms with Gasteiger partial charge >= 0.3 is 0 Å². The van der Waals surface area contributed by atoms with Crippen LogP contribution in [0, 0.1) is 0 Å². The van der Waals surface area contributed by atoms with Gasteiger partial charge in [0.1, 0.15) is 8.07 Å². The molecule has 57 heavy (non-hydrogen) atoms. The molecule has 0 saturated heterocycles. The second kappa shape index (κ2) is 12.0.